The van der Waals surface area contributed by atoms with Crippen molar-refractivity contribution in [2.45, 2.75) is 38.8 Å². The van der Waals surface area contributed by atoms with Crippen LogP contribution >= 0.6 is 11.3 Å². The lowest BCUT2D eigenvalue weighted by molar-refractivity contribution is 0.0929. The van der Waals surface area contributed by atoms with Gasteiger partial charge in [-0.15, -0.1) is 11.3 Å². The molecule has 1 saturated heterocycles. The molecule has 0 aliphatic carbocycles. The Morgan fingerprint density at radius 2 is 2.14 bits per heavy atom. The zero-order chi connectivity index (χ0) is 15.5. The average molecular weight is 315 g/mol. The number of nitrogens with zero attached hydrogens (tertiary/aromatic N) is 1. The number of hydrogen-bond acceptors (Lipinski definition) is 4. The SMILES string of the molecule is Cc1nc(-c2ccccc2)sc1C(=O)NC1CCNC(C)C1. The molecule has 2 unspecified atom stereocenters. The molecule has 1 aliphatic rings. The van der Waals surface area contributed by atoms with Crippen LogP contribution in [0.4, 0.5) is 0 Å². The first-order valence-electron chi connectivity index (χ1n) is 7.70. The van der Waals surface area contributed by atoms with Gasteiger partial charge in [0.15, 0.2) is 0 Å². The van der Waals surface area contributed by atoms with Crippen LogP contribution in [-0.4, -0.2) is 29.5 Å². The minimum atomic E-state index is 0.0104. The van der Waals surface area contributed by atoms with Gasteiger partial charge >= 0.3 is 0 Å². The molecule has 22 heavy (non-hydrogen) atoms. The van der Waals surface area contributed by atoms with Gasteiger partial charge in [0.1, 0.15) is 9.88 Å². The van der Waals surface area contributed by atoms with Crippen LogP contribution < -0.4 is 10.6 Å². The Hall–Kier alpha value is -1.72. The van der Waals surface area contributed by atoms with Gasteiger partial charge in [-0.1, -0.05) is 30.3 Å². The molecule has 0 saturated carbocycles. The molecular formula is C17H21N3OS. The Morgan fingerprint density at radius 1 is 1.36 bits per heavy atom. The number of amides is 1. The third kappa shape index (κ3) is 3.36. The third-order valence-corrected chi connectivity index (χ3v) is 5.19. The van der Waals surface area contributed by atoms with E-state index in [2.05, 4.69) is 22.5 Å². The van der Waals surface area contributed by atoms with Crippen molar-refractivity contribution in [1.82, 2.24) is 15.6 Å². The summed E-state index contributed by atoms with van der Waals surface area (Å²) in [4.78, 5) is 17.8. The van der Waals surface area contributed by atoms with Crippen molar-refractivity contribution in [2.75, 3.05) is 6.54 Å². The highest BCUT2D eigenvalue weighted by atomic mass is 32.1. The maximum absolute atomic E-state index is 12.5. The molecular weight excluding hydrogens is 294 g/mol. The topological polar surface area (TPSA) is 54.0 Å². The summed E-state index contributed by atoms with van der Waals surface area (Å²) in [7, 11) is 0. The van der Waals surface area contributed by atoms with Crippen molar-refractivity contribution in [3.8, 4) is 10.6 Å². The molecule has 0 spiro atoms. The first-order valence-corrected chi connectivity index (χ1v) is 8.52. The fourth-order valence-electron chi connectivity index (χ4n) is 2.83. The number of aromatic nitrogens is 1. The fourth-order valence-corrected chi connectivity index (χ4v) is 3.80. The van der Waals surface area contributed by atoms with Crippen LogP contribution in [0.15, 0.2) is 30.3 Å². The molecule has 4 nitrogen and oxygen atoms in total. The summed E-state index contributed by atoms with van der Waals surface area (Å²) in [6, 6.07) is 10.7. The molecule has 2 atom stereocenters. The number of thiazole rings is 1. The average Bonchev–Trinajstić information content (AvgIpc) is 2.90. The van der Waals surface area contributed by atoms with Crippen LogP contribution in [0, 0.1) is 6.92 Å². The van der Waals surface area contributed by atoms with Crippen molar-refractivity contribution in [1.29, 1.82) is 0 Å². The van der Waals surface area contributed by atoms with Crippen LogP contribution in [0.25, 0.3) is 10.6 Å². The van der Waals surface area contributed by atoms with Crippen molar-refractivity contribution in [2.24, 2.45) is 0 Å². The van der Waals surface area contributed by atoms with Gasteiger partial charge in [-0.25, -0.2) is 4.98 Å². The number of carbonyl (C=O) groups excluding carboxylic acids is 1. The van der Waals surface area contributed by atoms with Crippen molar-refractivity contribution >= 4 is 17.2 Å². The highest BCUT2D eigenvalue weighted by molar-refractivity contribution is 7.17. The minimum Gasteiger partial charge on any atom is -0.348 e. The first-order chi connectivity index (χ1) is 10.6. The zero-order valence-corrected chi connectivity index (χ0v) is 13.7. The minimum absolute atomic E-state index is 0.0104. The van der Waals surface area contributed by atoms with E-state index in [0.717, 1.165) is 40.5 Å². The predicted molar refractivity (Wildman–Crippen MR) is 90.2 cm³/mol. The molecule has 116 valence electrons. The second-order valence-corrected chi connectivity index (χ2v) is 6.85. The first kappa shape index (κ1) is 15.2. The van der Waals surface area contributed by atoms with E-state index in [9.17, 15) is 4.79 Å². The van der Waals surface area contributed by atoms with E-state index in [1.807, 2.05) is 37.3 Å². The summed E-state index contributed by atoms with van der Waals surface area (Å²) < 4.78 is 0. The van der Waals surface area contributed by atoms with Gasteiger partial charge in [-0.2, -0.15) is 0 Å². The molecule has 5 heteroatoms. The molecule has 1 aromatic carbocycles. The molecule has 1 aliphatic heterocycles. The van der Waals surface area contributed by atoms with Crippen LogP contribution in [0.1, 0.15) is 35.1 Å². The Morgan fingerprint density at radius 3 is 2.86 bits per heavy atom. The van der Waals surface area contributed by atoms with E-state index < -0.39 is 0 Å². The van der Waals surface area contributed by atoms with Gasteiger partial charge in [0.25, 0.3) is 5.91 Å². The predicted octanol–water partition coefficient (Wildman–Crippen LogP) is 2.99. The lowest BCUT2D eigenvalue weighted by atomic mass is 10.0. The van der Waals surface area contributed by atoms with Crippen molar-refractivity contribution in [3.05, 3.63) is 40.9 Å². The number of benzene rings is 1. The van der Waals surface area contributed by atoms with E-state index in [4.69, 9.17) is 0 Å². The van der Waals surface area contributed by atoms with E-state index in [1.165, 1.54) is 11.3 Å². The Kier molecular flexibility index (Phi) is 4.55. The molecule has 1 aromatic heterocycles. The molecule has 2 heterocycles. The van der Waals surface area contributed by atoms with Gasteiger partial charge < -0.3 is 10.6 Å². The van der Waals surface area contributed by atoms with Crippen LogP contribution in [-0.2, 0) is 0 Å². The summed E-state index contributed by atoms with van der Waals surface area (Å²) in [5, 5.41) is 7.47. The Balaban J connectivity index is 1.74. The zero-order valence-electron chi connectivity index (χ0n) is 12.9. The highest BCUT2D eigenvalue weighted by Gasteiger charge is 2.23. The summed E-state index contributed by atoms with van der Waals surface area (Å²) in [6.07, 6.45) is 1.97. The molecule has 3 rings (SSSR count). The second-order valence-electron chi connectivity index (χ2n) is 5.85. The number of carbonyl (C=O) groups is 1. The number of hydrogen-bond donors (Lipinski definition) is 2. The lowest BCUT2D eigenvalue weighted by Gasteiger charge is -2.28. The molecule has 1 fully saturated rings. The molecule has 2 aromatic rings. The smallest absolute Gasteiger partial charge is 0.263 e. The van der Waals surface area contributed by atoms with E-state index in [-0.39, 0.29) is 11.9 Å². The third-order valence-electron chi connectivity index (χ3n) is 3.98. The maximum atomic E-state index is 12.5. The van der Waals surface area contributed by atoms with Gasteiger partial charge in [-0.3, -0.25) is 4.79 Å². The fraction of sp³-hybridized carbons (Fsp3) is 0.412. The van der Waals surface area contributed by atoms with Crippen LogP contribution in [0.3, 0.4) is 0 Å². The molecule has 0 radical (unpaired) electrons. The largest absolute Gasteiger partial charge is 0.348 e. The van der Waals surface area contributed by atoms with Crippen molar-refractivity contribution < 1.29 is 4.79 Å². The summed E-state index contributed by atoms with van der Waals surface area (Å²) in [5.41, 5.74) is 1.87. The van der Waals surface area contributed by atoms with Gasteiger partial charge in [0.05, 0.1) is 5.69 Å². The van der Waals surface area contributed by atoms with Gasteiger partial charge in [0.2, 0.25) is 0 Å². The highest BCUT2D eigenvalue weighted by Crippen LogP contribution is 2.27. The monoisotopic (exact) mass is 315 g/mol. The summed E-state index contributed by atoms with van der Waals surface area (Å²) in [5.74, 6) is 0.0104. The summed E-state index contributed by atoms with van der Waals surface area (Å²) in [6.45, 7) is 5.02. The summed E-state index contributed by atoms with van der Waals surface area (Å²) >= 11 is 1.47. The van der Waals surface area contributed by atoms with E-state index in [0.29, 0.717) is 6.04 Å². The quantitative estimate of drug-likeness (QED) is 0.915. The second kappa shape index (κ2) is 6.58. The van der Waals surface area contributed by atoms with E-state index in [1.54, 1.807) is 0 Å². The maximum Gasteiger partial charge on any atom is 0.263 e. The van der Waals surface area contributed by atoms with E-state index >= 15 is 0 Å². The molecule has 1 amide bonds. The lowest BCUT2D eigenvalue weighted by Crippen LogP contribution is -2.46. The molecule has 0 bridgehead atoms. The van der Waals surface area contributed by atoms with Gasteiger partial charge in [-0.05, 0) is 33.2 Å². The molecule has 2 N–H and O–H groups in total. The number of nitrogens with one attached hydrogen (secondary N) is 2. The number of aryl methyl sites for hydroxylation is 1. The van der Waals surface area contributed by atoms with Crippen LogP contribution in [0.2, 0.25) is 0 Å². The van der Waals surface area contributed by atoms with Crippen molar-refractivity contribution in [3.63, 3.8) is 0 Å². The number of piperidine rings is 1. The van der Waals surface area contributed by atoms with Crippen LogP contribution in [0.5, 0.6) is 0 Å². The Bertz CT molecular complexity index is 653. The Labute approximate surface area is 135 Å². The number of rotatable bonds is 3. The van der Waals surface area contributed by atoms with Gasteiger partial charge in [0, 0.05) is 17.6 Å². The standard InChI is InChI=1S/C17H21N3OS/c1-11-10-14(8-9-18-11)20-16(21)15-12(2)19-17(22-15)13-6-4-3-5-7-13/h3-7,11,14,18H,8-10H2,1-2H3,(H,20,21). The normalized spacial score (nSPS) is 21.5.